The van der Waals surface area contributed by atoms with Crippen molar-refractivity contribution >= 4 is 0 Å². The molecule has 1 saturated heterocycles. The summed E-state index contributed by atoms with van der Waals surface area (Å²) in [5.41, 5.74) is 0.457. The van der Waals surface area contributed by atoms with Crippen molar-refractivity contribution in [3.05, 3.63) is 0 Å². The molecule has 0 aromatic rings. The molecule has 0 spiro atoms. The Labute approximate surface area is 102 Å². The average Bonchev–Trinajstić information content (AvgIpc) is 2.19. The molecule has 0 aromatic carbocycles. The van der Waals surface area contributed by atoms with Gasteiger partial charge in [0.15, 0.2) is 0 Å². The fraction of sp³-hybridized carbons (Fsp3) is 1.00. The van der Waals surface area contributed by atoms with Gasteiger partial charge in [0, 0.05) is 18.6 Å². The van der Waals surface area contributed by atoms with Gasteiger partial charge in [-0.25, -0.2) is 0 Å². The van der Waals surface area contributed by atoms with Crippen LogP contribution in [-0.2, 0) is 0 Å². The molecule has 1 fully saturated rings. The Kier molecular flexibility index (Phi) is 5.26. The maximum atomic E-state index is 3.71. The van der Waals surface area contributed by atoms with E-state index in [1.807, 2.05) is 0 Å². The third kappa shape index (κ3) is 3.74. The quantitative estimate of drug-likeness (QED) is 0.775. The molecule has 16 heavy (non-hydrogen) atoms. The minimum Gasteiger partial charge on any atom is -0.312 e. The molecule has 2 heteroatoms. The predicted molar refractivity (Wildman–Crippen MR) is 71.8 cm³/mol. The van der Waals surface area contributed by atoms with Gasteiger partial charge in [-0.1, -0.05) is 20.8 Å². The summed E-state index contributed by atoms with van der Waals surface area (Å²) in [5.74, 6) is 0. The highest BCUT2D eigenvalue weighted by atomic mass is 15.2. The molecular formula is C14H30N2. The highest BCUT2D eigenvalue weighted by Gasteiger charge is 2.33. The van der Waals surface area contributed by atoms with Gasteiger partial charge in [0.1, 0.15) is 0 Å². The monoisotopic (exact) mass is 226 g/mol. The molecule has 0 aliphatic carbocycles. The van der Waals surface area contributed by atoms with E-state index in [-0.39, 0.29) is 0 Å². The lowest BCUT2D eigenvalue weighted by Crippen LogP contribution is -2.54. The van der Waals surface area contributed by atoms with Gasteiger partial charge >= 0.3 is 0 Å². The molecule has 96 valence electrons. The number of hydrogen-bond donors (Lipinski definition) is 1. The van der Waals surface area contributed by atoms with Gasteiger partial charge in [-0.3, -0.25) is 4.90 Å². The second kappa shape index (κ2) is 6.02. The summed E-state index contributed by atoms with van der Waals surface area (Å²) in [4.78, 5) is 2.62. The first-order valence-electron chi connectivity index (χ1n) is 6.95. The van der Waals surface area contributed by atoms with Crippen LogP contribution >= 0.6 is 0 Å². The van der Waals surface area contributed by atoms with Gasteiger partial charge in [0.05, 0.1) is 0 Å². The van der Waals surface area contributed by atoms with Crippen molar-refractivity contribution in [2.75, 3.05) is 19.6 Å². The van der Waals surface area contributed by atoms with Crippen LogP contribution in [0.4, 0.5) is 0 Å². The van der Waals surface area contributed by atoms with E-state index in [9.17, 15) is 0 Å². The fourth-order valence-corrected chi connectivity index (χ4v) is 2.66. The summed E-state index contributed by atoms with van der Waals surface area (Å²) in [6.45, 7) is 15.4. The van der Waals surface area contributed by atoms with Crippen molar-refractivity contribution in [3.8, 4) is 0 Å². The molecule has 1 unspecified atom stereocenters. The number of rotatable bonds is 5. The van der Waals surface area contributed by atoms with Crippen molar-refractivity contribution in [1.82, 2.24) is 10.2 Å². The summed E-state index contributed by atoms with van der Waals surface area (Å²) in [6, 6.07) is 1.33. The van der Waals surface area contributed by atoms with Gasteiger partial charge in [0.25, 0.3) is 0 Å². The van der Waals surface area contributed by atoms with Crippen molar-refractivity contribution < 1.29 is 0 Å². The zero-order valence-corrected chi connectivity index (χ0v) is 11.8. The van der Waals surface area contributed by atoms with Gasteiger partial charge in [-0.2, -0.15) is 0 Å². The van der Waals surface area contributed by atoms with Crippen LogP contribution in [0.25, 0.3) is 0 Å². The van der Waals surface area contributed by atoms with Crippen LogP contribution in [0.3, 0.4) is 0 Å². The molecular weight excluding hydrogens is 196 g/mol. The first-order chi connectivity index (χ1) is 7.47. The number of nitrogens with zero attached hydrogens (tertiary/aromatic N) is 1. The molecule has 1 N–H and O–H groups in total. The lowest BCUT2D eigenvalue weighted by atomic mass is 9.77. The number of hydrogen-bond acceptors (Lipinski definition) is 2. The van der Waals surface area contributed by atoms with E-state index >= 15 is 0 Å². The average molecular weight is 226 g/mol. The SMILES string of the molecule is CCCN(CC1NCCCC1(C)C)C(C)C. The Morgan fingerprint density at radius 2 is 2.06 bits per heavy atom. The molecule has 0 bridgehead atoms. The second-order valence-corrected chi connectivity index (χ2v) is 6.19. The van der Waals surface area contributed by atoms with Crippen LogP contribution in [0.2, 0.25) is 0 Å². The van der Waals surface area contributed by atoms with Crippen LogP contribution in [0.5, 0.6) is 0 Å². The molecule has 0 radical (unpaired) electrons. The topological polar surface area (TPSA) is 15.3 Å². The lowest BCUT2D eigenvalue weighted by molar-refractivity contribution is 0.110. The smallest absolute Gasteiger partial charge is 0.0246 e. The predicted octanol–water partition coefficient (Wildman–Crippen LogP) is 2.89. The van der Waals surface area contributed by atoms with E-state index in [2.05, 4.69) is 44.8 Å². The molecule has 2 nitrogen and oxygen atoms in total. The third-order valence-corrected chi connectivity index (χ3v) is 3.99. The van der Waals surface area contributed by atoms with Crippen molar-refractivity contribution in [3.63, 3.8) is 0 Å². The zero-order valence-electron chi connectivity index (χ0n) is 11.8. The van der Waals surface area contributed by atoms with E-state index in [1.165, 1.54) is 38.9 Å². The molecule has 0 amide bonds. The highest BCUT2D eigenvalue weighted by molar-refractivity contribution is 4.90. The van der Waals surface area contributed by atoms with Crippen molar-refractivity contribution in [1.29, 1.82) is 0 Å². The maximum Gasteiger partial charge on any atom is 0.0246 e. The first-order valence-corrected chi connectivity index (χ1v) is 6.95. The highest BCUT2D eigenvalue weighted by Crippen LogP contribution is 2.30. The normalized spacial score (nSPS) is 25.3. The molecule has 1 aliphatic rings. The summed E-state index contributed by atoms with van der Waals surface area (Å²) in [7, 11) is 0. The van der Waals surface area contributed by atoms with E-state index in [1.54, 1.807) is 0 Å². The molecule has 0 aromatic heterocycles. The molecule has 1 aliphatic heterocycles. The summed E-state index contributed by atoms with van der Waals surface area (Å²) in [6.07, 6.45) is 3.95. The Balaban J connectivity index is 2.55. The fourth-order valence-electron chi connectivity index (χ4n) is 2.66. The van der Waals surface area contributed by atoms with E-state index < -0.39 is 0 Å². The van der Waals surface area contributed by atoms with Crippen LogP contribution in [0, 0.1) is 5.41 Å². The van der Waals surface area contributed by atoms with Crippen LogP contribution in [0.1, 0.15) is 53.9 Å². The first kappa shape index (κ1) is 14.0. The Morgan fingerprint density at radius 1 is 1.38 bits per heavy atom. The van der Waals surface area contributed by atoms with Gasteiger partial charge in [-0.05, 0) is 51.6 Å². The number of nitrogens with one attached hydrogen (secondary N) is 1. The molecule has 1 atom stereocenters. The minimum atomic E-state index is 0.457. The van der Waals surface area contributed by atoms with Gasteiger partial charge < -0.3 is 5.32 Å². The van der Waals surface area contributed by atoms with Crippen LogP contribution in [-0.4, -0.2) is 36.6 Å². The standard InChI is InChI=1S/C14H30N2/c1-6-10-16(12(2)3)11-13-14(4,5)8-7-9-15-13/h12-13,15H,6-11H2,1-5H3. The largest absolute Gasteiger partial charge is 0.312 e. The van der Waals surface area contributed by atoms with Crippen LogP contribution < -0.4 is 5.32 Å². The molecule has 0 saturated carbocycles. The van der Waals surface area contributed by atoms with Gasteiger partial charge in [-0.15, -0.1) is 0 Å². The second-order valence-electron chi connectivity index (χ2n) is 6.19. The van der Waals surface area contributed by atoms with Gasteiger partial charge in [0.2, 0.25) is 0 Å². The van der Waals surface area contributed by atoms with E-state index in [0.29, 0.717) is 17.5 Å². The molecule has 1 heterocycles. The Hall–Kier alpha value is -0.0800. The zero-order chi connectivity index (χ0) is 12.2. The number of piperidine rings is 1. The summed E-state index contributed by atoms with van der Waals surface area (Å²) < 4.78 is 0. The summed E-state index contributed by atoms with van der Waals surface area (Å²) >= 11 is 0. The van der Waals surface area contributed by atoms with E-state index in [0.717, 1.165) is 0 Å². The molecule has 1 rings (SSSR count). The Morgan fingerprint density at radius 3 is 2.56 bits per heavy atom. The van der Waals surface area contributed by atoms with E-state index in [4.69, 9.17) is 0 Å². The minimum absolute atomic E-state index is 0.457. The van der Waals surface area contributed by atoms with Crippen molar-refractivity contribution in [2.45, 2.75) is 66.0 Å². The summed E-state index contributed by atoms with van der Waals surface area (Å²) in [5, 5.41) is 3.71. The van der Waals surface area contributed by atoms with Crippen molar-refractivity contribution in [2.24, 2.45) is 5.41 Å². The lowest BCUT2D eigenvalue weighted by Gasteiger charge is -2.43. The maximum absolute atomic E-state index is 3.71. The Bertz CT molecular complexity index is 199. The third-order valence-electron chi connectivity index (χ3n) is 3.99. The van der Waals surface area contributed by atoms with Crippen LogP contribution in [0.15, 0.2) is 0 Å².